The molecule has 0 spiro atoms. The lowest BCUT2D eigenvalue weighted by Crippen LogP contribution is -2.14. The Labute approximate surface area is 155 Å². The molecular weight excluding hydrogens is 351 g/mol. The van der Waals surface area contributed by atoms with Crippen LogP contribution in [0.2, 0.25) is 0 Å². The Morgan fingerprint density at radius 3 is 2.81 bits per heavy atom. The van der Waals surface area contributed by atoms with Crippen molar-refractivity contribution in [3.05, 3.63) is 47.2 Å². The summed E-state index contributed by atoms with van der Waals surface area (Å²) in [4.78, 5) is 9.50. The van der Waals surface area contributed by atoms with E-state index in [9.17, 15) is 4.39 Å². The highest BCUT2D eigenvalue weighted by Gasteiger charge is 2.27. The first kappa shape index (κ1) is 18.7. The van der Waals surface area contributed by atoms with Gasteiger partial charge in [-0.25, -0.2) is 4.39 Å². The van der Waals surface area contributed by atoms with E-state index in [-0.39, 0.29) is 11.6 Å². The Bertz CT molecular complexity index is 1000. The van der Waals surface area contributed by atoms with Crippen molar-refractivity contribution >= 4 is 16.8 Å². The van der Waals surface area contributed by atoms with Gasteiger partial charge in [0.05, 0.1) is 18.7 Å². The number of methoxy groups -OCH3 is 1. The van der Waals surface area contributed by atoms with Crippen LogP contribution in [0.3, 0.4) is 0 Å². The van der Waals surface area contributed by atoms with E-state index in [1.165, 1.54) is 6.07 Å². The summed E-state index contributed by atoms with van der Waals surface area (Å²) in [7, 11) is 1.57. The SMILES string of the molecule is CCCOc1c[nH]c(C(=[N+]=N)Oc2ccc3[nH]c(COC)cc3c2F)c1C. The van der Waals surface area contributed by atoms with Crippen LogP contribution in [-0.4, -0.2) is 34.4 Å². The molecule has 0 radical (unpaired) electrons. The molecular formula is C19H22FN4O3+. The Hall–Kier alpha value is -3.09. The van der Waals surface area contributed by atoms with Crippen molar-refractivity contribution in [3.8, 4) is 11.5 Å². The lowest BCUT2D eigenvalue weighted by atomic mass is 10.2. The van der Waals surface area contributed by atoms with Gasteiger partial charge in [0.1, 0.15) is 10.5 Å². The van der Waals surface area contributed by atoms with Crippen molar-refractivity contribution in [2.24, 2.45) is 0 Å². The molecule has 8 heteroatoms. The van der Waals surface area contributed by atoms with Crippen molar-refractivity contribution < 1.29 is 23.4 Å². The number of aromatic nitrogens is 2. The molecule has 27 heavy (non-hydrogen) atoms. The van der Waals surface area contributed by atoms with E-state index in [0.29, 0.717) is 35.6 Å². The summed E-state index contributed by atoms with van der Waals surface area (Å²) < 4.78 is 31.2. The van der Waals surface area contributed by atoms with Crippen LogP contribution < -0.4 is 9.47 Å². The number of H-pyrrole nitrogens is 2. The number of ether oxygens (including phenoxy) is 3. The quantitative estimate of drug-likeness (QED) is 0.253. The van der Waals surface area contributed by atoms with Gasteiger partial charge in [0.25, 0.3) is 0 Å². The fourth-order valence-corrected chi connectivity index (χ4v) is 2.81. The molecule has 0 aliphatic heterocycles. The molecule has 3 N–H and O–H groups in total. The van der Waals surface area contributed by atoms with Crippen LogP contribution in [0.1, 0.15) is 30.3 Å². The number of hydrogen-bond donors (Lipinski definition) is 3. The zero-order chi connectivity index (χ0) is 19.4. The summed E-state index contributed by atoms with van der Waals surface area (Å²) in [6.45, 7) is 4.77. The molecule has 142 valence electrons. The van der Waals surface area contributed by atoms with Crippen LogP contribution >= 0.6 is 0 Å². The predicted molar refractivity (Wildman–Crippen MR) is 98.0 cm³/mol. The maximum absolute atomic E-state index is 14.9. The van der Waals surface area contributed by atoms with E-state index in [1.807, 2.05) is 13.8 Å². The van der Waals surface area contributed by atoms with Crippen LogP contribution in [0.25, 0.3) is 10.9 Å². The Balaban J connectivity index is 1.90. The Morgan fingerprint density at radius 1 is 1.30 bits per heavy atom. The number of benzene rings is 1. The van der Waals surface area contributed by atoms with Gasteiger partial charge < -0.3 is 24.2 Å². The monoisotopic (exact) mass is 373 g/mol. The first-order chi connectivity index (χ1) is 13.1. The van der Waals surface area contributed by atoms with Gasteiger partial charge in [-0.05, 0) is 31.5 Å². The van der Waals surface area contributed by atoms with E-state index >= 15 is 0 Å². The molecule has 7 nitrogen and oxygen atoms in total. The molecule has 0 atom stereocenters. The highest BCUT2D eigenvalue weighted by Crippen LogP contribution is 2.29. The van der Waals surface area contributed by atoms with Gasteiger partial charge in [0, 0.05) is 35.5 Å². The van der Waals surface area contributed by atoms with E-state index in [2.05, 4.69) is 14.8 Å². The largest absolute Gasteiger partial charge is 0.555 e. The second-order valence-electron chi connectivity index (χ2n) is 6.09. The minimum absolute atomic E-state index is 0.0125. The van der Waals surface area contributed by atoms with E-state index in [1.54, 1.807) is 25.4 Å². The van der Waals surface area contributed by atoms with Crippen molar-refractivity contribution in [3.63, 3.8) is 0 Å². The zero-order valence-corrected chi connectivity index (χ0v) is 15.5. The summed E-state index contributed by atoms with van der Waals surface area (Å²) in [6, 6.07) is 4.89. The summed E-state index contributed by atoms with van der Waals surface area (Å²) >= 11 is 0. The fourth-order valence-electron chi connectivity index (χ4n) is 2.81. The molecule has 0 bridgehead atoms. The second kappa shape index (κ2) is 8.07. The summed E-state index contributed by atoms with van der Waals surface area (Å²) in [5.74, 6) is 0.0764. The van der Waals surface area contributed by atoms with Gasteiger partial charge in [0.2, 0.25) is 0 Å². The minimum atomic E-state index is -0.529. The van der Waals surface area contributed by atoms with Crippen molar-refractivity contribution in [1.82, 2.24) is 9.97 Å². The molecule has 0 aliphatic carbocycles. The number of hydrogen-bond acceptors (Lipinski definition) is 4. The van der Waals surface area contributed by atoms with Crippen LogP contribution in [0.4, 0.5) is 4.39 Å². The number of nitrogens with one attached hydrogen (secondary N) is 3. The number of fused-ring (bicyclic) bond motifs is 1. The van der Waals surface area contributed by atoms with Crippen LogP contribution in [0.15, 0.2) is 24.4 Å². The first-order valence-corrected chi connectivity index (χ1v) is 8.61. The molecule has 0 aliphatic rings. The molecule has 0 fully saturated rings. The number of rotatable bonds is 7. The van der Waals surface area contributed by atoms with Crippen molar-refractivity contribution in [2.45, 2.75) is 26.9 Å². The smallest absolute Gasteiger partial charge is 0.492 e. The van der Waals surface area contributed by atoms with Gasteiger partial charge in [-0.1, -0.05) is 6.92 Å². The molecule has 0 saturated heterocycles. The molecule has 0 unspecified atom stereocenters. The Morgan fingerprint density at radius 2 is 2.11 bits per heavy atom. The highest BCUT2D eigenvalue weighted by molar-refractivity contribution is 5.92. The number of halogens is 1. The number of nitrogens with zero attached hydrogens (tertiary/aromatic N) is 1. The van der Waals surface area contributed by atoms with E-state index in [4.69, 9.17) is 19.7 Å². The topological polar surface area (TPSA) is 97.2 Å². The highest BCUT2D eigenvalue weighted by atomic mass is 19.1. The van der Waals surface area contributed by atoms with Gasteiger partial charge in [-0.2, -0.15) is 0 Å². The zero-order valence-electron chi connectivity index (χ0n) is 15.5. The van der Waals surface area contributed by atoms with Crippen molar-refractivity contribution in [2.75, 3.05) is 13.7 Å². The first-order valence-electron chi connectivity index (χ1n) is 8.61. The maximum Gasteiger partial charge on any atom is 0.555 e. The van der Waals surface area contributed by atoms with Crippen LogP contribution in [-0.2, 0) is 11.3 Å². The summed E-state index contributed by atoms with van der Waals surface area (Å²) in [6.07, 6.45) is 2.56. The molecule has 1 aromatic carbocycles. The molecule has 3 rings (SSSR count). The fraction of sp³-hybridized carbons (Fsp3) is 0.316. The van der Waals surface area contributed by atoms with Gasteiger partial charge in [-0.15, -0.1) is 0 Å². The maximum atomic E-state index is 14.9. The molecule has 3 aromatic rings. The van der Waals surface area contributed by atoms with Gasteiger partial charge >= 0.3 is 5.90 Å². The molecule has 0 amide bonds. The minimum Gasteiger partial charge on any atom is -0.492 e. The lowest BCUT2D eigenvalue weighted by Gasteiger charge is -2.04. The second-order valence-corrected chi connectivity index (χ2v) is 6.09. The third-order valence-corrected chi connectivity index (χ3v) is 4.13. The van der Waals surface area contributed by atoms with E-state index in [0.717, 1.165) is 17.7 Å². The number of aromatic amines is 2. The summed E-state index contributed by atoms with van der Waals surface area (Å²) in [5.41, 5.74) is 10.1. The molecule has 2 heterocycles. The predicted octanol–water partition coefficient (Wildman–Crippen LogP) is 3.94. The average Bonchev–Trinajstić information content (AvgIpc) is 3.24. The van der Waals surface area contributed by atoms with Gasteiger partial charge in [-0.3, -0.25) is 0 Å². The van der Waals surface area contributed by atoms with E-state index < -0.39 is 5.82 Å². The lowest BCUT2D eigenvalue weighted by molar-refractivity contribution is -0.134. The molecule has 2 aromatic heterocycles. The third-order valence-electron chi connectivity index (χ3n) is 4.13. The molecule has 0 saturated carbocycles. The average molecular weight is 373 g/mol. The van der Waals surface area contributed by atoms with Crippen LogP contribution in [0.5, 0.6) is 11.5 Å². The van der Waals surface area contributed by atoms with Crippen molar-refractivity contribution in [1.29, 1.82) is 5.53 Å². The Kier molecular flexibility index (Phi) is 5.59. The normalized spacial score (nSPS) is 10.8. The summed E-state index contributed by atoms with van der Waals surface area (Å²) in [5, 5.41) is 0.388. The van der Waals surface area contributed by atoms with Crippen LogP contribution in [0, 0.1) is 18.3 Å². The third kappa shape index (κ3) is 3.72. The van der Waals surface area contributed by atoms with Gasteiger partial charge in [0.15, 0.2) is 17.3 Å². The standard InChI is InChI=1S/C19H21FN4O3/c1-4-7-26-16-9-22-18(11(16)2)19(24-21)27-15-6-5-14-13(17(15)20)8-12(23-14)10-25-3/h5-6,8-9,21,23H,4,7,10H2,1-3H3/p+1.